The largest absolute Gasteiger partial charge is 0.342 e. The summed E-state index contributed by atoms with van der Waals surface area (Å²) in [4.78, 5) is 19.0. The SMILES string of the molecule is O=C([C@@H]1C[C@@H]1c1cccnc1)N1CCC[C@@H](c2ccn[nH]2)C1. The van der Waals surface area contributed by atoms with Crippen molar-refractivity contribution in [1.82, 2.24) is 20.1 Å². The van der Waals surface area contributed by atoms with Crippen molar-refractivity contribution in [1.29, 1.82) is 0 Å². The van der Waals surface area contributed by atoms with Gasteiger partial charge in [-0.05, 0) is 42.9 Å². The number of carbonyl (C=O) groups is 1. The minimum atomic E-state index is 0.157. The number of hydrogen-bond acceptors (Lipinski definition) is 3. The first-order chi connectivity index (χ1) is 10.8. The molecule has 1 aliphatic carbocycles. The molecule has 114 valence electrons. The highest BCUT2D eigenvalue weighted by atomic mass is 16.2. The Labute approximate surface area is 129 Å². The molecule has 2 aromatic heterocycles. The fourth-order valence-electron chi connectivity index (χ4n) is 3.59. The van der Waals surface area contributed by atoms with E-state index in [0.29, 0.717) is 17.7 Å². The van der Waals surface area contributed by atoms with Crippen LogP contribution in [0.5, 0.6) is 0 Å². The molecule has 3 heterocycles. The van der Waals surface area contributed by atoms with Gasteiger partial charge >= 0.3 is 0 Å². The van der Waals surface area contributed by atoms with Crippen LogP contribution in [0.15, 0.2) is 36.8 Å². The zero-order valence-electron chi connectivity index (χ0n) is 12.5. The molecular weight excluding hydrogens is 276 g/mol. The van der Waals surface area contributed by atoms with Gasteiger partial charge < -0.3 is 4.90 Å². The van der Waals surface area contributed by atoms with E-state index in [1.54, 1.807) is 12.4 Å². The monoisotopic (exact) mass is 296 g/mol. The Kier molecular flexibility index (Phi) is 3.41. The molecule has 2 aromatic rings. The van der Waals surface area contributed by atoms with Gasteiger partial charge in [0.1, 0.15) is 0 Å². The number of H-pyrrole nitrogens is 1. The summed E-state index contributed by atoms with van der Waals surface area (Å²) in [6.45, 7) is 1.71. The smallest absolute Gasteiger partial charge is 0.226 e. The van der Waals surface area contributed by atoms with Gasteiger partial charge in [-0.2, -0.15) is 5.10 Å². The molecule has 1 aliphatic heterocycles. The van der Waals surface area contributed by atoms with Crippen LogP contribution < -0.4 is 0 Å². The molecule has 5 heteroatoms. The number of aromatic amines is 1. The van der Waals surface area contributed by atoms with Crippen molar-refractivity contribution in [3.05, 3.63) is 48.0 Å². The first-order valence-corrected chi connectivity index (χ1v) is 8.01. The van der Waals surface area contributed by atoms with Gasteiger partial charge in [0, 0.05) is 49.2 Å². The zero-order valence-corrected chi connectivity index (χ0v) is 12.5. The minimum Gasteiger partial charge on any atom is -0.342 e. The number of carbonyl (C=O) groups excluding carboxylic acids is 1. The Morgan fingerprint density at radius 3 is 3.05 bits per heavy atom. The number of likely N-dealkylation sites (tertiary alicyclic amines) is 1. The Balaban J connectivity index is 1.41. The lowest BCUT2D eigenvalue weighted by Crippen LogP contribution is -2.40. The number of pyridine rings is 1. The summed E-state index contributed by atoms with van der Waals surface area (Å²) < 4.78 is 0. The van der Waals surface area contributed by atoms with E-state index in [-0.39, 0.29) is 5.92 Å². The fourth-order valence-corrected chi connectivity index (χ4v) is 3.59. The van der Waals surface area contributed by atoms with Crippen molar-refractivity contribution in [3.63, 3.8) is 0 Å². The second kappa shape index (κ2) is 5.55. The maximum absolute atomic E-state index is 12.7. The first kappa shape index (κ1) is 13.5. The molecule has 5 nitrogen and oxygen atoms in total. The van der Waals surface area contributed by atoms with Gasteiger partial charge in [0.25, 0.3) is 0 Å². The first-order valence-electron chi connectivity index (χ1n) is 8.01. The number of piperidine rings is 1. The summed E-state index contributed by atoms with van der Waals surface area (Å²) in [6, 6.07) is 6.05. The molecule has 2 aliphatic rings. The number of nitrogens with zero attached hydrogens (tertiary/aromatic N) is 3. The highest BCUT2D eigenvalue weighted by Gasteiger charge is 2.46. The van der Waals surface area contributed by atoms with E-state index in [4.69, 9.17) is 0 Å². The van der Waals surface area contributed by atoms with Crippen LogP contribution in [0.1, 0.15) is 42.4 Å². The van der Waals surface area contributed by atoms with Gasteiger partial charge in [0.15, 0.2) is 0 Å². The third-order valence-corrected chi connectivity index (χ3v) is 4.92. The third-order valence-electron chi connectivity index (χ3n) is 4.92. The molecule has 0 radical (unpaired) electrons. The molecule has 22 heavy (non-hydrogen) atoms. The van der Waals surface area contributed by atoms with Gasteiger partial charge in [-0.25, -0.2) is 0 Å². The van der Waals surface area contributed by atoms with Crippen molar-refractivity contribution in [2.24, 2.45) is 5.92 Å². The quantitative estimate of drug-likeness (QED) is 0.945. The van der Waals surface area contributed by atoms with Crippen LogP contribution in [-0.4, -0.2) is 39.1 Å². The van der Waals surface area contributed by atoms with Gasteiger partial charge in [-0.1, -0.05) is 6.07 Å². The lowest BCUT2D eigenvalue weighted by atomic mass is 9.94. The van der Waals surface area contributed by atoms with E-state index in [2.05, 4.69) is 26.1 Å². The van der Waals surface area contributed by atoms with Crippen molar-refractivity contribution < 1.29 is 4.79 Å². The molecule has 0 spiro atoms. The highest BCUT2D eigenvalue weighted by Crippen LogP contribution is 2.48. The van der Waals surface area contributed by atoms with Gasteiger partial charge in [-0.15, -0.1) is 0 Å². The fraction of sp³-hybridized carbons (Fsp3) is 0.471. The molecule has 0 aromatic carbocycles. The van der Waals surface area contributed by atoms with Crippen LogP contribution >= 0.6 is 0 Å². The summed E-state index contributed by atoms with van der Waals surface area (Å²) >= 11 is 0. The summed E-state index contributed by atoms with van der Waals surface area (Å²) in [7, 11) is 0. The van der Waals surface area contributed by atoms with Crippen molar-refractivity contribution >= 4 is 5.91 Å². The lowest BCUT2D eigenvalue weighted by molar-refractivity contribution is -0.133. The van der Waals surface area contributed by atoms with Crippen LogP contribution in [-0.2, 0) is 4.79 Å². The maximum Gasteiger partial charge on any atom is 0.226 e. The number of rotatable bonds is 3. The molecule has 0 unspecified atom stereocenters. The Morgan fingerprint density at radius 1 is 1.32 bits per heavy atom. The average Bonchev–Trinajstić information content (AvgIpc) is 3.19. The molecule has 1 amide bonds. The Hall–Kier alpha value is -2.17. The van der Waals surface area contributed by atoms with E-state index >= 15 is 0 Å². The van der Waals surface area contributed by atoms with Crippen molar-refractivity contribution in [3.8, 4) is 0 Å². The highest BCUT2D eigenvalue weighted by molar-refractivity contribution is 5.83. The zero-order chi connectivity index (χ0) is 14.9. The molecule has 1 saturated carbocycles. The Morgan fingerprint density at radius 2 is 2.27 bits per heavy atom. The normalized spacial score (nSPS) is 27.6. The van der Waals surface area contributed by atoms with Gasteiger partial charge in [0.2, 0.25) is 5.91 Å². The number of amides is 1. The molecule has 4 rings (SSSR count). The summed E-state index contributed by atoms with van der Waals surface area (Å²) in [5, 5.41) is 7.08. The van der Waals surface area contributed by atoms with Crippen LogP contribution in [0.3, 0.4) is 0 Å². The third kappa shape index (κ3) is 2.51. The van der Waals surface area contributed by atoms with Crippen LogP contribution in [0.2, 0.25) is 0 Å². The number of aromatic nitrogens is 3. The molecule has 1 saturated heterocycles. The van der Waals surface area contributed by atoms with E-state index in [1.165, 1.54) is 5.56 Å². The second-order valence-electron chi connectivity index (χ2n) is 6.37. The number of nitrogens with one attached hydrogen (secondary N) is 1. The Bertz CT molecular complexity index is 640. The molecule has 0 bridgehead atoms. The predicted octanol–water partition coefficient (Wildman–Crippen LogP) is 2.31. The summed E-state index contributed by atoms with van der Waals surface area (Å²) in [5.41, 5.74) is 2.35. The molecule has 1 N–H and O–H groups in total. The maximum atomic E-state index is 12.7. The van der Waals surface area contributed by atoms with Crippen LogP contribution in [0, 0.1) is 5.92 Å². The standard InChI is InChI=1S/C17H20N4O/c22-17(15-9-14(15)12-3-1-6-18-10-12)21-8-2-4-13(11-21)16-5-7-19-20-16/h1,3,5-7,10,13-15H,2,4,8-9,11H2,(H,19,20)/t13-,14-,15-/m1/s1. The van der Waals surface area contributed by atoms with Crippen LogP contribution in [0.25, 0.3) is 0 Å². The van der Waals surface area contributed by atoms with E-state index in [9.17, 15) is 4.79 Å². The minimum absolute atomic E-state index is 0.157. The summed E-state index contributed by atoms with van der Waals surface area (Å²) in [6.07, 6.45) is 8.62. The second-order valence-corrected chi connectivity index (χ2v) is 6.37. The molecule has 2 fully saturated rings. The topological polar surface area (TPSA) is 61.9 Å². The van der Waals surface area contributed by atoms with E-state index in [0.717, 1.165) is 38.0 Å². The summed E-state index contributed by atoms with van der Waals surface area (Å²) in [5.74, 6) is 1.24. The van der Waals surface area contributed by atoms with Crippen molar-refractivity contribution in [2.45, 2.75) is 31.1 Å². The lowest BCUT2D eigenvalue weighted by Gasteiger charge is -2.32. The van der Waals surface area contributed by atoms with E-state index in [1.807, 2.05) is 18.3 Å². The van der Waals surface area contributed by atoms with Gasteiger partial charge in [-0.3, -0.25) is 14.9 Å². The van der Waals surface area contributed by atoms with Gasteiger partial charge in [0.05, 0.1) is 0 Å². The van der Waals surface area contributed by atoms with Crippen LogP contribution in [0.4, 0.5) is 0 Å². The molecular formula is C17H20N4O. The predicted molar refractivity (Wildman–Crippen MR) is 82.2 cm³/mol. The number of hydrogen-bond donors (Lipinski definition) is 1. The van der Waals surface area contributed by atoms with E-state index < -0.39 is 0 Å². The average molecular weight is 296 g/mol. The molecule has 3 atom stereocenters. The van der Waals surface area contributed by atoms with Crippen molar-refractivity contribution in [2.75, 3.05) is 13.1 Å².